The Labute approximate surface area is 146 Å². The molecule has 0 spiro atoms. The molecule has 0 radical (unpaired) electrons. The highest BCUT2D eigenvalue weighted by atomic mass is 32.2. The first kappa shape index (κ1) is 17.4. The summed E-state index contributed by atoms with van der Waals surface area (Å²) in [5.74, 6) is 0.856. The molecule has 2 aromatic rings. The Hall–Kier alpha value is -2.42. The van der Waals surface area contributed by atoms with Crippen LogP contribution in [0.25, 0.3) is 0 Å². The molecular weight excluding hydrogens is 344 g/mol. The summed E-state index contributed by atoms with van der Waals surface area (Å²) >= 11 is 0. The topological polar surface area (TPSA) is 96.6 Å². The van der Waals surface area contributed by atoms with E-state index in [4.69, 9.17) is 4.52 Å². The molecule has 1 fully saturated rings. The maximum Gasteiger partial charge on any atom is 0.253 e. The minimum atomic E-state index is -3.32. The largest absolute Gasteiger partial charge is 0.343 e. The van der Waals surface area contributed by atoms with E-state index >= 15 is 0 Å². The Morgan fingerprint density at radius 1 is 1.24 bits per heavy atom. The van der Waals surface area contributed by atoms with E-state index in [1.165, 1.54) is 17.7 Å². The van der Waals surface area contributed by atoms with Crippen LogP contribution in [0.4, 0.5) is 5.69 Å². The maximum absolute atomic E-state index is 12.6. The third-order valence-corrected chi connectivity index (χ3v) is 5.71. The van der Waals surface area contributed by atoms with Gasteiger partial charge in [-0.1, -0.05) is 5.16 Å². The zero-order chi connectivity index (χ0) is 18.0. The lowest BCUT2D eigenvalue weighted by Crippen LogP contribution is -2.38. The van der Waals surface area contributed by atoms with Gasteiger partial charge in [-0.25, -0.2) is 8.42 Å². The zero-order valence-electron chi connectivity index (χ0n) is 14.1. The number of carbonyl (C=O) groups excluding carboxylic acids is 1. The highest BCUT2D eigenvalue weighted by molar-refractivity contribution is 7.92. The number of rotatable bonds is 4. The number of sulfonamides is 1. The summed E-state index contributed by atoms with van der Waals surface area (Å²) in [6, 6.07) is 6.59. The van der Waals surface area contributed by atoms with Gasteiger partial charge in [0.25, 0.3) is 5.91 Å². The monoisotopic (exact) mass is 364 g/mol. The molecule has 0 N–H and O–H groups in total. The van der Waals surface area contributed by atoms with Crippen LogP contribution < -0.4 is 4.31 Å². The van der Waals surface area contributed by atoms with Crippen LogP contribution in [-0.2, 0) is 10.0 Å². The molecule has 1 aromatic carbocycles. The average molecular weight is 364 g/mol. The lowest BCUT2D eigenvalue weighted by Gasteiger charge is -2.30. The quantitative estimate of drug-likeness (QED) is 0.815. The summed E-state index contributed by atoms with van der Waals surface area (Å²) in [4.78, 5) is 18.5. The highest BCUT2D eigenvalue weighted by Gasteiger charge is 2.26. The van der Waals surface area contributed by atoms with E-state index in [2.05, 4.69) is 10.1 Å². The summed E-state index contributed by atoms with van der Waals surface area (Å²) in [6.45, 7) is 1.26. The van der Waals surface area contributed by atoms with Crippen molar-refractivity contribution < 1.29 is 17.7 Å². The van der Waals surface area contributed by atoms with Crippen LogP contribution in [-0.4, -0.2) is 55.8 Å². The van der Waals surface area contributed by atoms with Gasteiger partial charge in [-0.3, -0.25) is 9.10 Å². The molecule has 1 aromatic heterocycles. The SMILES string of the molecule is CN(c1ccc(C(=O)N2CCC(c3ncon3)CC2)cc1)S(C)(=O)=O. The minimum absolute atomic E-state index is 0.0554. The average Bonchev–Trinajstić information content (AvgIpc) is 3.14. The molecule has 0 bridgehead atoms. The second-order valence-corrected chi connectivity index (χ2v) is 8.15. The molecule has 8 nitrogen and oxygen atoms in total. The Morgan fingerprint density at radius 2 is 1.88 bits per heavy atom. The molecule has 1 aliphatic rings. The molecule has 0 saturated carbocycles. The van der Waals surface area contributed by atoms with Crippen molar-refractivity contribution in [3.05, 3.63) is 42.0 Å². The van der Waals surface area contributed by atoms with Crippen molar-refractivity contribution in [3.63, 3.8) is 0 Å². The first-order valence-corrected chi connectivity index (χ1v) is 9.80. The van der Waals surface area contributed by atoms with E-state index in [1.54, 1.807) is 29.2 Å². The summed E-state index contributed by atoms with van der Waals surface area (Å²) < 4.78 is 29.1. The lowest BCUT2D eigenvalue weighted by molar-refractivity contribution is 0.0710. The van der Waals surface area contributed by atoms with Gasteiger partial charge in [0.05, 0.1) is 11.9 Å². The minimum Gasteiger partial charge on any atom is -0.343 e. The van der Waals surface area contributed by atoms with E-state index in [0.29, 0.717) is 30.2 Å². The highest BCUT2D eigenvalue weighted by Crippen LogP contribution is 2.26. The molecule has 0 unspecified atom stereocenters. The molecule has 3 rings (SSSR count). The normalized spacial score (nSPS) is 16.0. The van der Waals surface area contributed by atoms with Crippen LogP contribution in [0.5, 0.6) is 0 Å². The molecule has 25 heavy (non-hydrogen) atoms. The Bertz CT molecular complexity index is 826. The van der Waals surface area contributed by atoms with E-state index < -0.39 is 10.0 Å². The number of hydrogen-bond donors (Lipinski definition) is 0. The number of likely N-dealkylation sites (tertiary alicyclic amines) is 1. The fourth-order valence-corrected chi connectivity index (χ4v) is 3.39. The Kier molecular flexibility index (Phi) is 4.76. The fraction of sp³-hybridized carbons (Fsp3) is 0.438. The molecule has 9 heteroatoms. The van der Waals surface area contributed by atoms with Crippen LogP contribution in [0.2, 0.25) is 0 Å². The first-order chi connectivity index (χ1) is 11.9. The Balaban J connectivity index is 1.64. The van der Waals surface area contributed by atoms with E-state index in [-0.39, 0.29) is 11.8 Å². The number of nitrogens with zero attached hydrogens (tertiary/aromatic N) is 4. The van der Waals surface area contributed by atoms with E-state index in [9.17, 15) is 13.2 Å². The van der Waals surface area contributed by atoms with Crippen molar-refractivity contribution in [1.29, 1.82) is 0 Å². The second-order valence-electron chi connectivity index (χ2n) is 6.13. The summed E-state index contributed by atoms with van der Waals surface area (Å²) in [5, 5.41) is 3.87. The van der Waals surface area contributed by atoms with Gasteiger partial charge in [0.1, 0.15) is 0 Å². The van der Waals surface area contributed by atoms with Crippen LogP contribution in [0.1, 0.15) is 34.9 Å². The van der Waals surface area contributed by atoms with Crippen molar-refractivity contribution in [2.45, 2.75) is 18.8 Å². The van der Waals surface area contributed by atoms with Crippen molar-refractivity contribution in [1.82, 2.24) is 15.0 Å². The van der Waals surface area contributed by atoms with Crippen molar-refractivity contribution in [2.75, 3.05) is 30.7 Å². The van der Waals surface area contributed by atoms with Crippen molar-refractivity contribution in [3.8, 4) is 0 Å². The van der Waals surface area contributed by atoms with Crippen LogP contribution in [0.3, 0.4) is 0 Å². The predicted octanol–water partition coefficient (Wildman–Crippen LogP) is 1.49. The van der Waals surface area contributed by atoms with E-state index in [0.717, 1.165) is 19.1 Å². The third-order valence-electron chi connectivity index (χ3n) is 4.50. The lowest BCUT2D eigenvalue weighted by atomic mass is 9.95. The standard InChI is InChI=1S/C16H20N4O4S/c1-19(25(2,22)23)14-5-3-13(4-6-14)16(21)20-9-7-12(8-10-20)15-17-11-24-18-15/h3-6,11-12H,7-10H2,1-2H3. The van der Waals surface area contributed by atoms with Gasteiger partial charge >= 0.3 is 0 Å². The number of benzene rings is 1. The smallest absolute Gasteiger partial charge is 0.253 e. The van der Waals surface area contributed by atoms with Crippen LogP contribution >= 0.6 is 0 Å². The van der Waals surface area contributed by atoms with Gasteiger partial charge in [0.2, 0.25) is 16.4 Å². The molecule has 134 valence electrons. The molecule has 1 aliphatic heterocycles. The second kappa shape index (κ2) is 6.83. The van der Waals surface area contributed by atoms with Crippen molar-refractivity contribution >= 4 is 21.6 Å². The van der Waals surface area contributed by atoms with Gasteiger partial charge < -0.3 is 9.42 Å². The van der Waals surface area contributed by atoms with Gasteiger partial charge in [-0.2, -0.15) is 4.98 Å². The maximum atomic E-state index is 12.6. The van der Waals surface area contributed by atoms with Crippen LogP contribution in [0.15, 0.2) is 35.2 Å². The number of aromatic nitrogens is 2. The molecule has 1 amide bonds. The zero-order valence-corrected chi connectivity index (χ0v) is 14.9. The summed E-state index contributed by atoms with van der Waals surface area (Å²) in [6.07, 6.45) is 4.04. The van der Waals surface area contributed by atoms with Crippen molar-refractivity contribution in [2.24, 2.45) is 0 Å². The van der Waals surface area contributed by atoms with E-state index in [1.807, 2.05) is 0 Å². The number of amides is 1. The first-order valence-electron chi connectivity index (χ1n) is 7.96. The van der Waals surface area contributed by atoms with Gasteiger partial charge in [-0.05, 0) is 37.1 Å². The van der Waals surface area contributed by atoms with Gasteiger partial charge in [0, 0.05) is 31.6 Å². The molecule has 1 saturated heterocycles. The van der Waals surface area contributed by atoms with Crippen LogP contribution in [0, 0.1) is 0 Å². The molecular formula is C16H20N4O4S. The number of hydrogen-bond acceptors (Lipinski definition) is 6. The van der Waals surface area contributed by atoms with Gasteiger partial charge in [0.15, 0.2) is 5.82 Å². The fourth-order valence-electron chi connectivity index (χ4n) is 2.89. The number of carbonyl (C=O) groups is 1. The predicted molar refractivity (Wildman–Crippen MR) is 91.9 cm³/mol. The number of piperidine rings is 1. The summed E-state index contributed by atoms with van der Waals surface area (Å²) in [5.41, 5.74) is 1.07. The molecule has 2 heterocycles. The molecule has 0 aliphatic carbocycles. The summed E-state index contributed by atoms with van der Waals surface area (Å²) in [7, 11) is -1.84. The molecule has 0 atom stereocenters. The third kappa shape index (κ3) is 3.81. The van der Waals surface area contributed by atoms with Gasteiger partial charge in [-0.15, -0.1) is 0 Å². The number of anilines is 1. The Morgan fingerprint density at radius 3 is 2.40 bits per heavy atom.